The minimum absolute atomic E-state index is 0.0239. The van der Waals surface area contributed by atoms with Gasteiger partial charge in [-0.2, -0.15) is 16.4 Å². The van der Waals surface area contributed by atoms with Gasteiger partial charge in [0.15, 0.2) is 0 Å². The average Bonchev–Trinajstić information content (AvgIpc) is 3.24. The number of rotatable bonds is 2. The van der Waals surface area contributed by atoms with Gasteiger partial charge in [0.25, 0.3) is 5.91 Å². The van der Waals surface area contributed by atoms with Crippen molar-refractivity contribution in [3.63, 3.8) is 0 Å². The average molecular weight is 299 g/mol. The van der Waals surface area contributed by atoms with E-state index in [4.69, 9.17) is 0 Å². The number of hydrogen-bond acceptors (Lipinski definition) is 4. The Morgan fingerprint density at radius 1 is 1.43 bits per heavy atom. The van der Waals surface area contributed by atoms with Gasteiger partial charge in [0.1, 0.15) is 5.69 Å². The van der Waals surface area contributed by atoms with Gasteiger partial charge in [-0.15, -0.1) is 0 Å². The second-order valence-corrected chi connectivity index (χ2v) is 5.76. The number of aromatic nitrogens is 4. The van der Waals surface area contributed by atoms with E-state index in [1.807, 2.05) is 27.8 Å². The molecule has 4 heterocycles. The van der Waals surface area contributed by atoms with Crippen molar-refractivity contribution in [2.45, 2.75) is 13.0 Å². The minimum Gasteiger partial charge on any atom is -0.347 e. The third kappa shape index (κ3) is 2.15. The molecule has 6 nitrogen and oxygen atoms in total. The molecule has 0 spiro atoms. The van der Waals surface area contributed by atoms with Gasteiger partial charge in [-0.25, -0.2) is 4.98 Å². The van der Waals surface area contributed by atoms with E-state index in [1.54, 1.807) is 17.7 Å². The van der Waals surface area contributed by atoms with E-state index in [1.165, 1.54) is 0 Å². The van der Waals surface area contributed by atoms with Crippen LogP contribution >= 0.6 is 11.3 Å². The van der Waals surface area contributed by atoms with Crippen molar-refractivity contribution in [2.24, 2.45) is 0 Å². The third-order valence-corrected chi connectivity index (χ3v) is 4.37. The summed E-state index contributed by atoms with van der Waals surface area (Å²) in [4.78, 5) is 21.7. The van der Waals surface area contributed by atoms with Crippen LogP contribution in [0.1, 0.15) is 21.9 Å². The zero-order chi connectivity index (χ0) is 14.2. The molecule has 3 aromatic rings. The smallest absolute Gasteiger partial charge is 0.272 e. The normalized spacial score (nSPS) is 14.2. The topological polar surface area (TPSA) is 77.7 Å². The molecule has 3 aromatic heterocycles. The van der Waals surface area contributed by atoms with Crippen LogP contribution in [0.15, 0.2) is 29.2 Å². The summed E-state index contributed by atoms with van der Waals surface area (Å²) in [5.41, 5.74) is 4.44. The number of nitrogens with one attached hydrogen (secondary N) is 2. The van der Waals surface area contributed by atoms with Gasteiger partial charge >= 0.3 is 0 Å². The molecule has 0 fully saturated rings. The van der Waals surface area contributed by atoms with E-state index < -0.39 is 0 Å². The molecule has 1 aliphatic heterocycles. The third-order valence-electron chi connectivity index (χ3n) is 3.69. The molecule has 1 amide bonds. The number of carbonyl (C=O) groups is 1. The highest BCUT2D eigenvalue weighted by molar-refractivity contribution is 7.08. The summed E-state index contributed by atoms with van der Waals surface area (Å²) in [5.74, 6) is -0.0239. The maximum Gasteiger partial charge on any atom is 0.272 e. The van der Waals surface area contributed by atoms with Crippen LogP contribution in [0.2, 0.25) is 0 Å². The quantitative estimate of drug-likeness (QED) is 0.760. The molecular formula is C14H13N5OS. The number of aromatic amines is 2. The number of thiophene rings is 1. The van der Waals surface area contributed by atoms with Crippen LogP contribution < -0.4 is 0 Å². The summed E-state index contributed by atoms with van der Waals surface area (Å²) in [6.07, 6.45) is 2.47. The first-order valence-electron chi connectivity index (χ1n) is 6.69. The lowest BCUT2D eigenvalue weighted by Crippen LogP contribution is -2.36. The molecule has 0 aliphatic carbocycles. The highest BCUT2D eigenvalue weighted by Gasteiger charge is 2.24. The Morgan fingerprint density at radius 3 is 3.24 bits per heavy atom. The molecule has 7 heteroatoms. The van der Waals surface area contributed by atoms with Crippen LogP contribution in [0.4, 0.5) is 0 Å². The Bertz CT molecular complexity index is 773. The Hall–Kier alpha value is -2.41. The molecule has 0 atom stereocenters. The number of hydrogen-bond donors (Lipinski definition) is 2. The fourth-order valence-corrected chi connectivity index (χ4v) is 3.20. The maximum absolute atomic E-state index is 12.5. The van der Waals surface area contributed by atoms with Gasteiger partial charge in [-0.05, 0) is 17.5 Å². The second-order valence-electron chi connectivity index (χ2n) is 4.98. The van der Waals surface area contributed by atoms with Gasteiger partial charge in [-0.3, -0.25) is 9.89 Å². The van der Waals surface area contributed by atoms with Gasteiger partial charge in [0.2, 0.25) is 0 Å². The predicted molar refractivity (Wildman–Crippen MR) is 78.9 cm³/mol. The molecule has 21 heavy (non-hydrogen) atoms. The number of nitrogens with zero attached hydrogens (tertiary/aromatic N) is 3. The standard InChI is InChI=1S/C14H13N5OS/c20-14(19-3-1-10-13(6-19)16-8-15-10)12-5-11(17-18-12)9-2-4-21-7-9/h2,4-5,7-8H,1,3,6H2,(H,15,16)(H,17,18). The number of imidazole rings is 1. The van der Waals surface area contributed by atoms with E-state index in [2.05, 4.69) is 20.2 Å². The zero-order valence-electron chi connectivity index (χ0n) is 11.2. The fourth-order valence-electron chi connectivity index (χ4n) is 2.55. The summed E-state index contributed by atoms with van der Waals surface area (Å²) in [6.45, 7) is 1.25. The minimum atomic E-state index is -0.0239. The zero-order valence-corrected chi connectivity index (χ0v) is 12.0. The van der Waals surface area contributed by atoms with Gasteiger partial charge in [0.05, 0.1) is 30.0 Å². The van der Waals surface area contributed by atoms with Gasteiger partial charge in [-0.1, -0.05) is 0 Å². The molecule has 0 saturated carbocycles. The highest BCUT2D eigenvalue weighted by atomic mass is 32.1. The van der Waals surface area contributed by atoms with Crippen molar-refractivity contribution in [3.8, 4) is 11.3 Å². The van der Waals surface area contributed by atoms with Crippen LogP contribution in [0, 0.1) is 0 Å². The Morgan fingerprint density at radius 2 is 2.38 bits per heavy atom. The lowest BCUT2D eigenvalue weighted by molar-refractivity contribution is 0.0726. The van der Waals surface area contributed by atoms with Gasteiger partial charge in [0, 0.05) is 23.9 Å². The first-order valence-corrected chi connectivity index (χ1v) is 7.64. The van der Waals surface area contributed by atoms with E-state index in [-0.39, 0.29) is 5.91 Å². The SMILES string of the molecule is O=C(c1cc(-c2ccsc2)n[nH]1)N1CCc2nc[nH]c2C1. The van der Waals surface area contributed by atoms with E-state index >= 15 is 0 Å². The van der Waals surface area contributed by atoms with Crippen molar-refractivity contribution in [1.82, 2.24) is 25.1 Å². The molecule has 1 aliphatic rings. The van der Waals surface area contributed by atoms with Gasteiger partial charge < -0.3 is 9.88 Å². The van der Waals surface area contributed by atoms with Crippen molar-refractivity contribution in [3.05, 3.63) is 46.3 Å². The van der Waals surface area contributed by atoms with E-state index in [9.17, 15) is 4.79 Å². The monoisotopic (exact) mass is 299 g/mol. The Balaban J connectivity index is 1.56. The molecule has 0 radical (unpaired) electrons. The molecule has 106 valence electrons. The molecular weight excluding hydrogens is 286 g/mol. The molecule has 0 unspecified atom stereocenters. The molecule has 4 rings (SSSR count). The van der Waals surface area contributed by atoms with Crippen molar-refractivity contribution in [1.29, 1.82) is 0 Å². The van der Waals surface area contributed by atoms with Crippen LogP contribution in [0.25, 0.3) is 11.3 Å². The molecule has 0 aromatic carbocycles. The second kappa shape index (κ2) is 4.85. The first kappa shape index (κ1) is 12.3. The van der Waals surface area contributed by atoms with Crippen LogP contribution in [-0.2, 0) is 13.0 Å². The number of H-pyrrole nitrogens is 2. The first-order chi connectivity index (χ1) is 10.3. The Labute approximate surface area is 124 Å². The summed E-state index contributed by atoms with van der Waals surface area (Å²) < 4.78 is 0. The molecule has 0 bridgehead atoms. The van der Waals surface area contributed by atoms with Crippen molar-refractivity contribution in [2.75, 3.05) is 6.54 Å². The molecule has 0 saturated heterocycles. The van der Waals surface area contributed by atoms with Crippen LogP contribution in [0.3, 0.4) is 0 Å². The summed E-state index contributed by atoms with van der Waals surface area (Å²) in [6, 6.07) is 3.81. The lowest BCUT2D eigenvalue weighted by atomic mass is 10.1. The number of amides is 1. The van der Waals surface area contributed by atoms with Crippen LogP contribution in [-0.4, -0.2) is 37.5 Å². The van der Waals surface area contributed by atoms with Crippen molar-refractivity contribution >= 4 is 17.2 Å². The van der Waals surface area contributed by atoms with E-state index in [0.717, 1.165) is 29.1 Å². The van der Waals surface area contributed by atoms with E-state index in [0.29, 0.717) is 18.8 Å². The summed E-state index contributed by atoms with van der Waals surface area (Å²) >= 11 is 1.61. The number of fused-ring (bicyclic) bond motifs is 1. The molecule has 2 N–H and O–H groups in total. The maximum atomic E-state index is 12.5. The van der Waals surface area contributed by atoms with Crippen LogP contribution in [0.5, 0.6) is 0 Å². The lowest BCUT2D eigenvalue weighted by Gasteiger charge is -2.25. The fraction of sp³-hybridized carbons (Fsp3) is 0.214. The summed E-state index contributed by atoms with van der Waals surface area (Å²) in [5, 5.41) is 11.1. The largest absolute Gasteiger partial charge is 0.347 e. The summed E-state index contributed by atoms with van der Waals surface area (Å²) in [7, 11) is 0. The predicted octanol–water partition coefficient (Wildman–Crippen LogP) is 2.06. The van der Waals surface area contributed by atoms with Crippen molar-refractivity contribution < 1.29 is 4.79 Å². The Kier molecular flexibility index (Phi) is 2.85. The number of carbonyl (C=O) groups excluding carboxylic acids is 1. The highest BCUT2D eigenvalue weighted by Crippen LogP contribution is 2.22.